The van der Waals surface area contributed by atoms with E-state index in [4.69, 9.17) is 0 Å². The molecule has 0 unspecified atom stereocenters. The highest BCUT2D eigenvalue weighted by molar-refractivity contribution is 5.81. The Bertz CT molecular complexity index is 746. The predicted molar refractivity (Wildman–Crippen MR) is 85.2 cm³/mol. The smallest absolute Gasteiger partial charge is 0.225 e. The molecular formula is C17H20F2N4O. The van der Waals surface area contributed by atoms with Crippen molar-refractivity contribution >= 4 is 5.91 Å². The number of amides is 1. The normalized spacial score (nSPS) is 21.7. The molecule has 1 aromatic carbocycles. The van der Waals surface area contributed by atoms with Gasteiger partial charge in [0.1, 0.15) is 11.6 Å². The SMILES string of the molecule is C[C@@H](NC(=O)[C@H]1CNC[C@@H]1c1cnn(C)c1)c1ccc(F)cc1F. The minimum Gasteiger partial charge on any atom is -0.349 e. The lowest BCUT2D eigenvalue weighted by molar-refractivity contribution is -0.125. The Hall–Kier alpha value is -2.28. The van der Waals surface area contributed by atoms with Gasteiger partial charge in [0.25, 0.3) is 0 Å². The van der Waals surface area contributed by atoms with Crippen molar-refractivity contribution < 1.29 is 13.6 Å². The Kier molecular flexibility index (Phi) is 4.62. The summed E-state index contributed by atoms with van der Waals surface area (Å²) in [5.74, 6) is -1.66. The van der Waals surface area contributed by atoms with Crippen molar-refractivity contribution in [2.75, 3.05) is 13.1 Å². The van der Waals surface area contributed by atoms with Crippen molar-refractivity contribution in [2.45, 2.75) is 18.9 Å². The van der Waals surface area contributed by atoms with Crippen LogP contribution in [0.5, 0.6) is 0 Å². The van der Waals surface area contributed by atoms with Crippen LogP contribution in [-0.2, 0) is 11.8 Å². The van der Waals surface area contributed by atoms with Crippen molar-refractivity contribution in [3.63, 3.8) is 0 Å². The van der Waals surface area contributed by atoms with Crippen molar-refractivity contribution in [3.05, 3.63) is 53.4 Å². The number of aromatic nitrogens is 2. The van der Waals surface area contributed by atoms with Gasteiger partial charge in [-0.3, -0.25) is 9.48 Å². The van der Waals surface area contributed by atoms with Gasteiger partial charge in [0.15, 0.2) is 0 Å². The molecule has 0 bridgehead atoms. The standard InChI is InChI=1S/C17H20F2N4O/c1-10(13-4-3-12(18)5-16(13)19)22-17(24)15-8-20-7-14(15)11-6-21-23(2)9-11/h3-6,9-10,14-15,20H,7-8H2,1-2H3,(H,22,24)/t10-,14-,15+/m1/s1. The van der Waals surface area contributed by atoms with E-state index in [1.807, 2.05) is 13.2 Å². The molecule has 7 heteroatoms. The van der Waals surface area contributed by atoms with Crippen LogP contribution in [0, 0.1) is 17.6 Å². The molecule has 24 heavy (non-hydrogen) atoms. The van der Waals surface area contributed by atoms with Gasteiger partial charge in [-0.1, -0.05) is 6.07 Å². The zero-order valence-electron chi connectivity index (χ0n) is 13.6. The number of rotatable bonds is 4. The molecule has 0 radical (unpaired) electrons. The Morgan fingerprint density at radius 2 is 2.21 bits per heavy atom. The summed E-state index contributed by atoms with van der Waals surface area (Å²) in [5, 5.41) is 10.2. The molecule has 0 saturated carbocycles. The number of carbonyl (C=O) groups is 1. The van der Waals surface area contributed by atoms with Gasteiger partial charge in [0.2, 0.25) is 5.91 Å². The largest absolute Gasteiger partial charge is 0.349 e. The van der Waals surface area contributed by atoms with E-state index in [-0.39, 0.29) is 23.3 Å². The Labute approximate surface area is 139 Å². The van der Waals surface area contributed by atoms with Crippen LogP contribution in [0.2, 0.25) is 0 Å². The minimum atomic E-state index is -0.656. The van der Waals surface area contributed by atoms with Gasteiger partial charge in [-0.25, -0.2) is 8.78 Å². The Morgan fingerprint density at radius 3 is 2.88 bits per heavy atom. The predicted octanol–water partition coefficient (Wildman–Crippen LogP) is 1.88. The van der Waals surface area contributed by atoms with E-state index < -0.39 is 17.7 Å². The lowest BCUT2D eigenvalue weighted by Gasteiger charge is -2.21. The summed E-state index contributed by atoms with van der Waals surface area (Å²) in [6, 6.07) is 2.85. The third-order valence-corrected chi connectivity index (χ3v) is 4.49. The third kappa shape index (κ3) is 3.31. The Morgan fingerprint density at radius 1 is 1.42 bits per heavy atom. The second-order valence-corrected chi connectivity index (χ2v) is 6.21. The summed E-state index contributed by atoms with van der Waals surface area (Å²) in [6.07, 6.45) is 3.67. The molecule has 2 heterocycles. The molecule has 1 aliphatic rings. The fourth-order valence-electron chi connectivity index (χ4n) is 3.19. The van der Waals surface area contributed by atoms with Gasteiger partial charge < -0.3 is 10.6 Å². The zero-order chi connectivity index (χ0) is 17.3. The first-order valence-corrected chi connectivity index (χ1v) is 7.90. The fraction of sp³-hybridized carbons (Fsp3) is 0.412. The highest BCUT2D eigenvalue weighted by Crippen LogP contribution is 2.29. The first kappa shape index (κ1) is 16.6. The second kappa shape index (κ2) is 6.68. The summed E-state index contributed by atoms with van der Waals surface area (Å²) in [7, 11) is 1.83. The van der Waals surface area contributed by atoms with Gasteiger partial charge in [-0.05, 0) is 18.6 Å². The number of hydrogen-bond acceptors (Lipinski definition) is 3. The molecular weight excluding hydrogens is 314 g/mol. The molecule has 1 aromatic heterocycles. The van der Waals surface area contributed by atoms with Crippen LogP contribution in [0.3, 0.4) is 0 Å². The first-order chi connectivity index (χ1) is 11.5. The molecule has 1 fully saturated rings. The monoisotopic (exact) mass is 334 g/mol. The molecule has 1 amide bonds. The van der Waals surface area contributed by atoms with Gasteiger partial charge >= 0.3 is 0 Å². The number of carbonyl (C=O) groups excluding carboxylic acids is 1. The second-order valence-electron chi connectivity index (χ2n) is 6.21. The van der Waals surface area contributed by atoms with Crippen molar-refractivity contribution in [1.82, 2.24) is 20.4 Å². The lowest BCUT2D eigenvalue weighted by atomic mass is 9.90. The van der Waals surface area contributed by atoms with Crippen LogP contribution >= 0.6 is 0 Å². The van der Waals surface area contributed by atoms with Crippen LogP contribution < -0.4 is 10.6 Å². The maximum Gasteiger partial charge on any atom is 0.225 e. The molecule has 5 nitrogen and oxygen atoms in total. The summed E-state index contributed by atoms with van der Waals surface area (Å²) < 4.78 is 28.6. The van der Waals surface area contributed by atoms with Crippen LogP contribution in [0.25, 0.3) is 0 Å². The molecule has 0 aliphatic carbocycles. The van der Waals surface area contributed by atoms with Crippen molar-refractivity contribution in [3.8, 4) is 0 Å². The quantitative estimate of drug-likeness (QED) is 0.898. The van der Waals surface area contributed by atoms with E-state index in [1.165, 1.54) is 12.1 Å². The van der Waals surface area contributed by atoms with Crippen LogP contribution in [0.4, 0.5) is 8.78 Å². The van der Waals surface area contributed by atoms with Gasteiger partial charge in [0.05, 0.1) is 18.2 Å². The molecule has 1 saturated heterocycles. The molecule has 2 N–H and O–H groups in total. The van der Waals surface area contributed by atoms with Crippen LogP contribution in [0.1, 0.15) is 30.0 Å². The van der Waals surface area contributed by atoms with E-state index in [0.29, 0.717) is 13.1 Å². The molecule has 3 atom stereocenters. The molecule has 128 valence electrons. The highest BCUT2D eigenvalue weighted by Gasteiger charge is 2.35. The zero-order valence-corrected chi connectivity index (χ0v) is 13.6. The number of aryl methyl sites for hydroxylation is 1. The van der Waals surface area contributed by atoms with Crippen molar-refractivity contribution in [2.24, 2.45) is 13.0 Å². The number of nitrogens with one attached hydrogen (secondary N) is 2. The van der Waals surface area contributed by atoms with Crippen molar-refractivity contribution in [1.29, 1.82) is 0 Å². The lowest BCUT2D eigenvalue weighted by Crippen LogP contribution is -2.36. The van der Waals surface area contributed by atoms with Gasteiger partial charge in [0, 0.05) is 43.9 Å². The first-order valence-electron chi connectivity index (χ1n) is 7.90. The van der Waals surface area contributed by atoms with Gasteiger partial charge in [-0.15, -0.1) is 0 Å². The number of hydrogen-bond donors (Lipinski definition) is 2. The minimum absolute atomic E-state index is 0.0314. The third-order valence-electron chi connectivity index (χ3n) is 4.49. The van der Waals surface area contributed by atoms with Crippen LogP contribution in [0.15, 0.2) is 30.6 Å². The number of nitrogens with zero attached hydrogens (tertiary/aromatic N) is 2. The molecule has 1 aliphatic heterocycles. The van der Waals surface area contributed by atoms with E-state index >= 15 is 0 Å². The summed E-state index contributed by atoms with van der Waals surface area (Å²) in [4.78, 5) is 12.6. The van der Waals surface area contributed by atoms with Crippen LogP contribution in [-0.4, -0.2) is 28.8 Å². The Balaban J connectivity index is 1.71. The van der Waals surface area contributed by atoms with E-state index in [2.05, 4.69) is 15.7 Å². The summed E-state index contributed by atoms with van der Waals surface area (Å²) in [5.41, 5.74) is 1.27. The average Bonchev–Trinajstić information content (AvgIpc) is 3.15. The van der Waals surface area contributed by atoms with E-state index in [9.17, 15) is 13.6 Å². The summed E-state index contributed by atoms with van der Waals surface area (Å²) in [6.45, 7) is 2.95. The maximum absolute atomic E-state index is 13.9. The van der Waals surface area contributed by atoms with E-state index in [1.54, 1.807) is 17.8 Å². The maximum atomic E-state index is 13.9. The fourth-order valence-corrected chi connectivity index (χ4v) is 3.19. The van der Waals surface area contributed by atoms with E-state index in [0.717, 1.165) is 11.6 Å². The molecule has 0 spiro atoms. The highest BCUT2D eigenvalue weighted by atomic mass is 19.1. The topological polar surface area (TPSA) is 59.0 Å². The average molecular weight is 334 g/mol. The summed E-state index contributed by atoms with van der Waals surface area (Å²) >= 11 is 0. The molecule has 2 aromatic rings. The molecule has 3 rings (SSSR count). The number of benzene rings is 1. The van der Waals surface area contributed by atoms with Gasteiger partial charge in [-0.2, -0.15) is 5.10 Å². The number of halogens is 2.